The molecule has 2 aromatic carbocycles. The van der Waals surface area contributed by atoms with Gasteiger partial charge in [-0.05, 0) is 30.7 Å². The van der Waals surface area contributed by atoms with Crippen LogP contribution in [-0.4, -0.2) is 9.97 Å². The van der Waals surface area contributed by atoms with Gasteiger partial charge in [-0.1, -0.05) is 42.8 Å². The van der Waals surface area contributed by atoms with Gasteiger partial charge in [0.1, 0.15) is 5.75 Å². The van der Waals surface area contributed by atoms with E-state index in [1.54, 1.807) is 36.5 Å². The molecule has 0 aliphatic heterocycles. The van der Waals surface area contributed by atoms with Crippen molar-refractivity contribution >= 4 is 30.0 Å². The molecule has 0 aliphatic carbocycles. The Hall–Kier alpha value is -2.41. The Bertz CT molecular complexity index is 912. The van der Waals surface area contributed by atoms with E-state index in [9.17, 15) is 0 Å². The summed E-state index contributed by atoms with van der Waals surface area (Å²) in [6, 6.07) is 13.6. The third-order valence-electron chi connectivity index (χ3n) is 4.05. The van der Waals surface area contributed by atoms with Crippen molar-refractivity contribution in [2.45, 2.75) is 25.9 Å². The van der Waals surface area contributed by atoms with Gasteiger partial charge in [-0.15, -0.1) is 12.4 Å². The van der Waals surface area contributed by atoms with Gasteiger partial charge in [-0.3, -0.25) is 0 Å². The minimum atomic E-state index is -0.513. The number of benzene rings is 2. The first-order chi connectivity index (χ1) is 13.1. The number of hydrogen-bond acceptors (Lipinski definition) is 5. The predicted octanol–water partition coefficient (Wildman–Crippen LogP) is 5.51. The number of para-hydroxylation sites is 1. The van der Waals surface area contributed by atoms with Gasteiger partial charge in [0.15, 0.2) is 11.6 Å². The molecule has 8 heteroatoms. The third kappa shape index (κ3) is 5.10. The highest BCUT2D eigenvalue weighted by atomic mass is 35.5. The first-order valence-electron chi connectivity index (χ1n) is 8.61. The third-order valence-corrected chi connectivity index (χ3v) is 4.35. The molecule has 0 aliphatic rings. The first-order valence-corrected chi connectivity index (χ1v) is 8.99. The van der Waals surface area contributed by atoms with Crippen molar-refractivity contribution in [3.8, 4) is 11.5 Å². The molecule has 0 fully saturated rings. The summed E-state index contributed by atoms with van der Waals surface area (Å²) in [7, 11) is 0. The van der Waals surface area contributed by atoms with E-state index in [-0.39, 0.29) is 29.2 Å². The summed E-state index contributed by atoms with van der Waals surface area (Å²) < 4.78 is 20.9. The molecule has 1 atom stereocenters. The molecule has 3 rings (SSSR count). The highest BCUT2D eigenvalue weighted by Gasteiger charge is 2.21. The van der Waals surface area contributed by atoms with Crippen molar-refractivity contribution in [1.82, 2.24) is 9.97 Å². The second-order valence-corrected chi connectivity index (χ2v) is 6.28. The van der Waals surface area contributed by atoms with Crippen LogP contribution < -0.4 is 15.8 Å². The van der Waals surface area contributed by atoms with Crippen LogP contribution in [0.1, 0.15) is 30.6 Å². The molecule has 28 heavy (non-hydrogen) atoms. The Labute approximate surface area is 174 Å². The van der Waals surface area contributed by atoms with Gasteiger partial charge in [0, 0.05) is 18.3 Å². The van der Waals surface area contributed by atoms with Crippen LogP contribution in [-0.2, 0) is 6.54 Å². The number of ether oxygens (including phenoxy) is 1. The lowest BCUT2D eigenvalue weighted by molar-refractivity contribution is 0.435. The average Bonchev–Trinajstić information content (AvgIpc) is 2.71. The monoisotopic (exact) mass is 422 g/mol. The van der Waals surface area contributed by atoms with Crippen LogP contribution in [0.5, 0.6) is 11.5 Å². The Morgan fingerprint density at radius 3 is 2.61 bits per heavy atom. The molecule has 1 heterocycles. The fourth-order valence-corrected chi connectivity index (χ4v) is 2.84. The molecule has 0 bridgehead atoms. The lowest BCUT2D eigenvalue weighted by Crippen LogP contribution is -2.15. The molecule has 1 aromatic heterocycles. The zero-order valence-electron chi connectivity index (χ0n) is 15.2. The maximum Gasteiger partial charge on any atom is 0.223 e. The molecule has 0 saturated carbocycles. The standard InChI is InChI=1S/C20H20ClFN4O.ClH/c1-2-17(26-20-24-11-10-13(12-23)25-20)15-8-9-16(21)19(18(15)22)27-14-6-4-3-5-7-14;/h3-11,17H,2,12,23H2,1H3,(H,24,25,26);1H. The van der Waals surface area contributed by atoms with E-state index in [2.05, 4.69) is 15.3 Å². The van der Waals surface area contributed by atoms with Gasteiger partial charge in [0.25, 0.3) is 0 Å². The first kappa shape index (κ1) is 21.9. The van der Waals surface area contributed by atoms with E-state index in [1.807, 2.05) is 25.1 Å². The lowest BCUT2D eigenvalue weighted by atomic mass is 10.0. The largest absolute Gasteiger partial charge is 0.453 e. The summed E-state index contributed by atoms with van der Waals surface area (Å²) in [5.74, 6) is 0.387. The summed E-state index contributed by atoms with van der Waals surface area (Å²) in [6.45, 7) is 2.24. The minimum Gasteiger partial charge on any atom is -0.453 e. The number of nitrogens with one attached hydrogen (secondary N) is 1. The van der Waals surface area contributed by atoms with Gasteiger partial charge < -0.3 is 15.8 Å². The SMILES string of the molecule is CCC(Nc1nccc(CN)n1)c1ccc(Cl)c(Oc2ccccc2)c1F.Cl. The van der Waals surface area contributed by atoms with Crippen LogP contribution in [0.2, 0.25) is 5.02 Å². The van der Waals surface area contributed by atoms with Crippen LogP contribution in [0.25, 0.3) is 0 Å². The molecule has 0 amide bonds. The summed E-state index contributed by atoms with van der Waals surface area (Å²) in [4.78, 5) is 8.50. The predicted molar refractivity (Wildman–Crippen MR) is 112 cm³/mol. The Morgan fingerprint density at radius 2 is 1.93 bits per heavy atom. The maximum absolute atomic E-state index is 15.2. The maximum atomic E-state index is 15.2. The quantitative estimate of drug-likeness (QED) is 0.525. The molecule has 3 N–H and O–H groups in total. The van der Waals surface area contributed by atoms with E-state index in [1.165, 1.54) is 0 Å². The number of nitrogens with two attached hydrogens (primary N) is 1. The summed E-state index contributed by atoms with van der Waals surface area (Å²) in [5, 5.41) is 3.36. The number of hydrogen-bond donors (Lipinski definition) is 2. The van der Waals surface area contributed by atoms with Crippen molar-refractivity contribution in [3.63, 3.8) is 0 Å². The number of rotatable bonds is 7. The molecule has 1 unspecified atom stereocenters. The van der Waals surface area contributed by atoms with E-state index in [0.717, 1.165) is 0 Å². The van der Waals surface area contributed by atoms with Gasteiger partial charge in [0.2, 0.25) is 5.95 Å². The summed E-state index contributed by atoms with van der Waals surface area (Å²) >= 11 is 6.18. The second kappa shape index (κ2) is 10.2. The molecule has 0 saturated heterocycles. The van der Waals surface area contributed by atoms with Crippen molar-refractivity contribution in [2.24, 2.45) is 5.73 Å². The Morgan fingerprint density at radius 1 is 1.18 bits per heavy atom. The van der Waals surface area contributed by atoms with Crippen LogP contribution in [0.15, 0.2) is 54.7 Å². The highest BCUT2D eigenvalue weighted by molar-refractivity contribution is 6.32. The van der Waals surface area contributed by atoms with Crippen molar-refractivity contribution in [3.05, 3.63) is 76.8 Å². The van der Waals surface area contributed by atoms with Crippen LogP contribution >= 0.6 is 24.0 Å². The van der Waals surface area contributed by atoms with Gasteiger partial charge in [0.05, 0.1) is 16.8 Å². The second-order valence-electron chi connectivity index (χ2n) is 5.88. The van der Waals surface area contributed by atoms with Gasteiger partial charge >= 0.3 is 0 Å². The number of anilines is 1. The van der Waals surface area contributed by atoms with Gasteiger partial charge in [-0.2, -0.15) is 0 Å². The fourth-order valence-electron chi connectivity index (χ4n) is 2.65. The van der Waals surface area contributed by atoms with E-state index in [4.69, 9.17) is 22.1 Å². The molecular formula is C20H21Cl2FN4O. The fraction of sp³-hybridized carbons (Fsp3) is 0.200. The Balaban J connectivity index is 0.00000280. The van der Waals surface area contributed by atoms with Crippen molar-refractivity contribution in [2.75, 3.05) is 5.32 Å². The zero-order chi connectivity index (χ0) is 19.2. The van der Waals surface area contributed by atoms with Crippen LogP contribution in [0.3, 0.4) is 0 Å². The van der Waals surface area contributed by atoms with E-state index >= 15 is 4.39 Å². The molecule has 3 aromatic rings. The number of nitrogens with zero attached hydrogens (tertiary/aromatic N) is 2. The van der Waals surface area contributed by atoms with Gasteiger partial charge in [-0.25, -0.2) is 14.4 Å². The van der Waals surface area contributed by atoms with Crippen LogP contribution in [0, 0.1) is 5.82 Å². The highest BCUT2D eigenvalue weighted by Crippen LogP contribution is 2.37. The molecule has 148 valence electrons. The normalized spacial score (nSPS) is 11.4. The van der Waals surface area contributed by atoms with E-state index in [0.29, 0.717) is 35.9 Å². The summed E-state index contributed by atoms with van der Waals surface area (Å²) in [6.07, 6.45) is 2.23. The van der Waals surface area contributed by atoms with Crippen LogP contribution in [0.4, 0.5) is 10.3 Å². The number of aromatic nitrogens is 2. The zero-order valence-corrected chi connectivity index (χ0v) is 16.8. The van der Waals surface area contributed by atoms with Crippen molar-refractivity contribution in [1.29, 1.82) is 0 Å². The smallest absolute Gasteiger partial charge is 0.223 e. The molecular weight excluding hydrogens is 402 g/mol. The van der Waals surface area contributed by atoms with E-state index < -0.39 is 5.82 Å². The molecule has 5 nitrogen and oxygen atoms in total. The lowest BCUT2D eigenvalue weighted by Gasteiger charge is -2.20. The average molecular weight is 423 g/mol. The minimum absolute atomic E-state index is 0. The van der Waals surface area contributed by atoms with Crippen molar-refractivity contribution < 1.29 is 9.13 Å². The molecule has 0 radical (unpaired) electrons. The topological polar surface area (TPSA) is 73.1 Å². The molecule has 0 spiro atoms. The summed E-state index contributed by atoms with van der Waals surface area (Å²) in [5.41, 5.74) is 6.74. The number of halogens is 3. The Kier molecular flexibility index (Phi) is 7.99.